The number of ether oxygens (including phenoxy) is 1. The average molecular weight is 468 g/mol. The smallest absolute Gasteiger partial charge is 0.250 e. The van der Waals surface area contributed by atoms with E-state index >= 15 is 0 Å². The molecular weight excluding hydrogens is 438 g/mol. The molecule has 2 aromatic carbocycles. The van der Waals surface area contributed by atoms with Gasteiger partial charge in [0, 0.05) is 50.2 Å². The first-order valence-corrected chi connectivity index (χ1v) is 11.8. The fourth-order valence-corrected chi connectivity index (χ4v) is 5.15. The zero-order valence-electron chi connectivity index (χ0n) is 18.6. The summed E-state index contributed by atoms with van der Waals surface area (Å²) in [6.45, 7) is 3.90. The van der Waals surface area contributed by atoms with Gasteiger partial charge in [0.2, 0.25) is 15.9 Å². The van der Waals surface area contributed by atoms with Gasteiger partial charge in [-0.25, -0.2) is 8.42 Å². The van der Waals surface area contributed by atoms with Gasteiger partial charge in [-0.2, -0.15) is 4.31 Å². The van der Waals surface area contributed by atoms with Crippen molar-refractivity contribution in [3.8, 4) is 0 Å². The molecule has 9 heteroatoms. The molecule has 1 amide bonds. The molecule has 0 saturated heterocycles. The van der Waals surface area contributed by atoms with Gasteiger partial charge >= 0.3 is 0 Å². The maximum Gasteiger partial charge on any atom is 0.250 e. The van der Waals surface area contributed by atoms with E-state index in [-0.39, 0.29) is 30.0 Å². The highest BCUT2D eigenvalue weighted by atomic mass is 35.5. The normalized spacial score (nSPS) is 12.6. The third-order valence-corrected chi connectivity index (χ3v) is 7.12. The Hall–Kier alpha value is -2.13. The lowest BCUT2D eigenvalue weighted by Crippen LogP contribution is -2.38. The van der Waals surface area contributed by atoms with E-state index in [0.717, 1.165) is 11.3 Å². The monoisotopic (exact) mass is 467 g/mol. The second-order valence-electron chi connectivity index (χ2n) is 7.48. The molecule has 0 fully saturated rings. The van der Waals surface area contributed by atoms with Gasteiger partial charge in [-0.15, -0.1) is 0 Å². The van der Waals surface area contributed by atoms with E-state index in [2.05, 4.69) is 5.32 Å². The number of nitrogens with zero attached hydrogens (tertiary/aromatic N) is 2. The van der Waals surface area contributed by atoms with Crippen molar-refractivity contribution in [1.82, 2.24) is 4.31 Å². The van der Waals surface area contributed by atoms with Crippen LogP contribution < -0.4 is 10.2 Å². The minimum atomic E-state index is -3.80. The maximum atomic E-state index is 13.5. The van der Waals surface area contributed by atoms with E-state index in [9.17, 15) is 13.2 Å². The fraction of sp³-hybridized carbons (Fsp3) is 0.409. The molecule has 0 heterocycles. The summed E-state index contributed by atoms with van der Waals surface area (Å²) in [5, 5.41) is 3.14. The van der Waals surface area contributed by atoms with Gasteiger partial charge in [0.25, 0.3) is 0 Å². The van der Waals surface area contributed by atoms with Crippen LogP contribution in [0.1, 0.15) is 25.8 Å². The van der Waals surface area contributed by atoms with Crippen LogP contribution in [0.3, 0.4) is 0 Å². The van der Waals surface area contributed by atoms with Crippen molar-refractivity contribution in [1.29, 1.82) is 0 Å². The molecular formula is C22H30ClN3O4S. The van der Waals surface area contributed by atoms with Gasteiger partial charge in [0.05, 0.1) is 4.90 Å². The van der Waals surface area contributed by atoms with E-state index in [1.54, 1.807) is 30.3 Å². The van der Waals surface area contributed by atoms with Crippen LogP contribution in [-0.4, -0.2) is 52.5 Å². The standard InChI is InChI=1S/C22H30ClN3O4S/c1-6-16(2)26(31(28,29)20-9-7-8-18(23)13-20)14-17-12-19(24-22(27)15-30-5)10-11-21(17)25(3)4/h7-13,16H,6,14-15H2,1-5H3,(H,24,27). The summed E-state index contributed by atoms with van der Waals surface area (Å²) in [6.07, 6.45) is 0.640. The van der Waals surface area contributed by atoms with Crippen molar-refractivity contribution >= 4 is 38.9 Å². The van der Waals surface area contributed by atoms with Gasteiger partial charge in [0.15, 0.2) is 0 Å². The lowest BCUT2D eigenvalue weighted by atomic mass is 10.1. The second-order valence-corrected chi connectivity index (χ2v) is 9.81. The molecule has 1 N–H and O–H groups in total. The van der Waals surface area contributed by atoms with Crippen LogP contribution in [0.25, 0.3) is 0 Å². The molecule has 0 aromatic heterocycles. The van der Waals surface area contributed by atoms with Gasteiger partial charge in [0.1, 0.15) is 6.61 Å². The van der Waals surface area contributed by atoms with Crippen LogP contribution in [0.5, 0.6) is 0 Å². The van der Waals surface area contributed by atoms with Gasteiger partial charge < -0.3 is 15.0 Å². The number of methoxy groups -OCH3 is 1. The van der Waals surface area contributed by atoms with Gasteiger partial charge in [-0.1, -0.05) is 24.6 Å². The van der Waals surface area contributed by atoms with Crippen LogP contribution in [0, 0.1) is 0 Å². The molecule has 0 saturated carbocycles. The van der Waals surface area contributed by atoms with E-state index in [1.807, 2.05) is 38.9 Å². The van der Waals surface area contributed by atoms with Gasteiger partial charge in [-0.3, -0.25) is 4.79 Å². The Morgan fingerprint density at radius 1 is 1.19 bits per heavy atom. The Morgan fingerprint density at radius 3 is 2.48 bits per heavy atom. The molecule has 0 spiro atoms. The van der Waals surface area contributed by atoms with Crippen LogP contribution in [0.15, 0.2) is 47.4 Å². The van der Waals surface area contributed by atoms with E-state index in [1.165, 1.54) is 17.5 Å². The molecule has 170 valence electrons. The highest BCUT2D eigenvalue weighted by molar-refractivity contribution is 7.89. The summed E-state index contributed by atoms with van der Waals surface area (Å²) >= 11 is 6.05. The molecule has 1 unspecified atom stereocenters. The highest BCUT2D eigenvalue weighted by Gasteiger charge is 2.29. The third-order valence-electron chi connectivity index (χ3n) is 4.93. The number of carbonyl (C=O) groups excluding carboxylic acids is 1. The van der Waals surface area contributed by atoms with E-state index in [0.29, 0.717) is 17.1 Å². The quantitative estimate of drug-likeness (QED) is 0.571. The second kappa shape index (κ2) is 10.9. The first kappa shape index (κ1) is 25.1. The average Bonchev–Trinajstić information content (AvgIpc) is 2.71. The van der Waals surface area contributed by atoms with Crippen LogP contribution >= 0.6 is 11.6 Å². The summed E-state index contributed by atoms with van der Waals surface area (Å²) in [6, 6.07) is 11.5. The van der Waals surface area contributed by atoms with Crippen LogP contribution in [0.2, 0.25) is 5.02 Å². The van der Waals surface area contributed by atoms with Crippen molar-refractivity contribution in [2.75, 3.05) is 38.0 Å². The number of rotatable bonds is 10. The fourth-order valence-electron chi connectivity index (χ4n) is 3.17. The summed E-state index contributed by atoms with van der Waals surface area (Å²) in [7, 11) is 1.43. The molecule has 1 atom stereocenters. The topological polar surface area (TPSA) is 79.0 Å². The number of hydrogen-bond donors (Lipinski definition) is 1. The molecule has 2 rings (SSSR count). The third kappa shape index (κ3) is 6.43. The minimum absolute atomic E-state index is 0.0626. The zero-order chi connectivity index (χ0) is 23.2. The summed E-state index contributed by atoms with van der Waals surface area (Å²) in [5.74, 6) is -0.281. The number of hydrogen-bond acceptors (Lipinski definition) is 5. The molecule has 7 nitrogen and oxygen atoms in total. The predicted octanol–water partition coefficient (Wildman–Crippen LogP) is 3.98. The zero-order valence-corrected chi connectivity index (χ0v) is 20.1. The summed E-state index contributed by atoms with van der Waals surface area (Å²) in [4.78, 5) is 14.0. The molecule has 2 aromatic rings. The largest absolute Gasteiger partial charge is 0.377 e. The molecule has 0 radical (unpaired) electrons. The number of amides is 1. The SMILES string of the molecule is CCC(C)N(Cc1cc(NC(=O)COC)ccc1N(C)C)S(=O)(=O)c1cccc(Cl)c1. The van der Waals surface area contributed by atoms with Crippen molar-refractivity contribution in [2.24, 2.45) is 0 Å². The van der Waals surface area contributed by atoms with E-state index < -0.39 is 10.0 Å². The van der Waals surface area contributed by atoms with Crippen molar-refractivity contribution in [3.63, 3.8) is 0 Å². The molecule has 0 aliphatic heterocycles. The maximum absolute atomic E-state index is 13.5. The van der Waals surface area contributed by atoms with Crippen molar-refractivity contribution < 1.29 is 17.9 Å². The Kier molecular flexibility index (Phi) is 8.88. The van der Waals surface area contributed by atoms with Crippen molar-refractivity contribution in [2.45, 2.75) is 37.8 Å². The first-order chi connectivity index (χ1) is 14.6. The number of halogens is 1. The van der Waals surface area contributed by atoms with Gasteiger partial charge in [-0.05, 0) is 55.3 Å². The lowest BCUT2D eigenvalue weighted by Gasteiger charge is -2.30. The van der Waals surface area contributed by atoms with Crippen LogP contribution in [-0.2, 0) is 26.1 Å². The minimum Gasteiger partial charge on any atom is -0.377 e. The Morgan fingerprint density at radius 2 is 1.90 bits per heavy atom. The Bertz CT molecular complexity index is 1010. The Balaban J connectivity index is 2.49. The molecule has 0 aliphatic carbocycles. The van der Waals surface area contributed by atoms with E-state index in [4.69, 9.17) is 16.3 Å². The number of benzene rings is 2. The number of sulfonamides is 1. The first-order valence-electron chi connectivity index (χ1n) is 9.96. The van der Waals surface area contributed by atoms with Crippen molar-refractivity contribution in [3.05, 3.63) is 53.1 Å². The molecule has 0 aliphatic rings. The number of carbonyl (C=O) groups is 1. The predicted molar refractivity (Wildman–Crippen MR) is 125 cm³/mol. The lowest BCUT2D eigenvalue weighted by molar-refractivity contribution is -0.119. The highest BCUT2D eigenvalue weighted by Crippen LogP contribution is 2.29. The number of nitrogens with one attached hydrogen (secondary N) is 1. The van der Waals surface area contributed by atoms with Crippen LogP contribution in [0.4, 0.5) is 11.4 Å². The summed E-state index contributed by atoms with van der Waals surface area (Å²) in [5.41, 5.74) is 2.21. The molecule has 0 bridgehead atoms. The number of anilines is 2. The Labute approximate surface area is 190 Å². The molecule has 31 heavy (non-hydrogen) atoms. The summed E-state index contributed by atoms with van der Waals surface area (Å²) < 4.78 is 33.3.